The SMILES string of the molecule is CN1CCCN(C(=O)OCCC2CCNCC2)CC1. The number of nitrogens with zero attached hydrogens (tertiary/aromatic N) is 2. The lowest BCUT2D eigenvalue weighted by Crippen LogP contribution is -2.35. The number of hydrogen-bond donors (Lipinski definition) is 1. The third-order valence-electron chi connectivity index (χ3n) is 4.19. The highest BCUT2D eigenvalue weighted by Crippen LogP contribution is 2.16. The summed E-state index contributed by atoms with van der Waals surface area (Å²) in [5.41, 5.74) is 0. The average Bonchev–Trinajstić information content (AvgIpc) is 2.65. The van der Waals surface area contributed by atoms with Crippen molar-refractivity contribution in [3.05, 3.63) is 0 Å². The second-order valence-electron chi connectivity index (χ2n) is 5.74. The summed E-state index contributed by atoms with van der Waals surface area (Å²) in [5, 5.41) is 3.36. The molecule has 0 aromatic carbocycles. The Hall–Kier alpha value is -0.810. The van der Waals surface area contributed by atoms with Gasteiger partial charge in [0.15, 0.2) is 0 Å². The summed E-state index contributed by atoms with van der Waals surface area (Å²) in [6.07, 6.45) is 4.36. The van der Waals surface area contributed by atoms with Crippen molar-refractivity contribution in [3.8, 4) is 0 Å². The van der Waals surface area contributed by atoms with E-state index in [1.165, 1.54) is 12.8 Å². The highest BCUT2D eigenvalue weighted by molar-refractivity contribution is 5.67. The Morgan fingerprint density at radius 2 is 2.00 bits per heavy atom. The van der Waals surface area contributed by atoms with Crippen LogP contribution in [-0.2, 0) is 4.74 Å². The maximum absolute atomic E-state index is 12.0. The van der Waals surface area contributed by atoms with Crippen LogP contribution in [-0.4, -0.2) is 68.8 Å². The highest BCUT2D eigenvalue weighted by Gasteiger charge is 2.19. The van der Waals surface area contributed by atoms with Gasteiger partial charge in [-0.25, -0.2) is 4.79 Å². The van der Waals surface area contributed by atoms with Gasteiger partial charge in [0.2, 0.25) is 0 Å². The molecule has 19 heavy (non-hydrogen) atoms. The number of piperidine rings is 1. The molecule has 2 rings (SSSR count). The van der Waals surface area contributed by atoms with Crippen molar-refractivity contribution >= 4 is 6.09 Å². The van der Waals surface area contributed by atoms with E-state index in [1.54, 1.807) is 0 Å². The van der Waals surface area contributed by atoms with Crippen molar-refractivity contribution in [2.24, 2.45) is 5.92 Å². The zero-order chi connectivity index (χ0) is 13.5. The van der Waals surface area contributed by atoms with Gasteiger partial charge >= 0.3 is 6.09 Å². The van der Waals surface area contributed by atoms with E-state index in [0.717, 1.165) is 58.0 Å². The topological polar surface area (TPSA) is 44.8 Å². The zero-order valence-corrected chi connectivity index (χ0v) is 12.1. The van der Waals surface area contributed by atoms with Crippen LogP contribution in [0.5, 0.6) is 0 Å². The molecule has 5 nitrogen and oxygen atoms in total. The van der Waals surface area contributed by atoms with Gasteiger partial charge in [0.05, 0.1) is 6.61 Å². The molecule has 0 radical (unpaired) electrons. The first kappa shape index (κ1) is 14.6. The Morgan fingerprint density at radius 3 is 2.79 bits per heavy atom. The van der Waals surface area contributed by atoms with Crippen molar-refractivity contribution < 1.29 is 9.53 Å². The monoisotopic (exact) mass is 269 g/mol. The predicted octanol–water partition coefficient (Wildman–Crippen LogP) is 1.15. The van der Waals surface area contributed by atoms with Gasteiger partial charge in [0.25, 0.3) is 0 Å². The number of carbonyl (C=O) groups is 1. The van der Waals surface area contributed by atoms with Gasteiger partial charge in [-0.1, -0.05) is 0 Å². The summed E-state index contributed by atoms with van der Waals surface area (Å²) in [5.74, 6) is 0.726. The molecule has 2 fully saturated rings. The number of amides is 1. The van der Waals surface area contributed by atoms with E-state index in [-0.39, 0.29) is 6.09 Å². The Kier molecular flexibility index (Phi) is 5.92. The van der Waals surface area contributed by atoms with Crippen molar-refractivity contribution in [1.82, 2.24) is 15.1 Å². The molecule has 0 aromatic rings. The number of rotatable bonds is 3. The van der Waals surface area contributed by atoms with Gasteiger partial charge < -0.3 is 19.9 Å². The summed E-state index contributed by atoms with van der Waals surface area (Å²) < 4.78 is 5.42. The van der Waals surface area contributed by atoms with E-state index < -0.39 is 0 Å². The van der Waals surface area contributed by atoms with E-state index in [9.17, 15) is 4.79 Å². The van der Waals surface area contributed by atoms with Crippen LogP contribution in [0.15, 0.2) is 0 Å². The number of nitrogens with one attached hydrogen (secondary N) is 1. The van der Waals surface area contributed by atoms with Crippen LogP contribution < -0.4 is 5.32 Å². The molecule has 2 heterocycles. The van der Waals surface area contributed by atoms with E-state index >= 15 is 0 Å². The molecule has 0 saturated carbocycles. The fourth-order valence-corrected chi connectivity index (χ4v) is 2.80. The van der Waals surface area contributed by atoms with E-state index in [2.05, 4.69) is 17.3 Å². The molecule has 0 aromatic heterocycles. The molecule has 0 spiro atoms. The van der Waals surface area contributed by atoms with Crippen LogP contribution in [0.2, 0.25) is 0 Å². The lowest BCUT2D eigenvalue weighted by Gasteiger charge is -2.23. The van der Waals surface area contributed by atoms with E-state index in [4.69, 9.17) is 4.74 Å². The lowest BCUT2D eigenvalue weighted by atomic mass is 9.95. The van der Waals surface area contributed by atoms with Crippen LogP contribution in [0.3, 0.4) is 0 Å². The predicted molar refractivity (Wildman–Crippen MR) is 75.2 cm³/mol. The summed E-state index contributed by atoms with van der Waals surface area (Å²) in [7, 11) is 2.10. The quantitative estimate of drug-likeness (QED) is 0.835. The molecule has 2 aliphatic rings. The van der Waals surface area contributed by atoms with E-state index in [1.807, 2.05) is 4.90 Å². The average molecular weight is 269 g/mol. The summed E-state index contributed by atoms with van der Waals surface area (Å²) in [6, 6.07) is 0. The lowest BCUT2D eigenvalue weighted by molar-refractivity contribution is 0.0962. The molecule has 0 unspecified atom stereocenters. The third kappa shape index (κ3) is 4.99. The van der Waals surface area contributed by atoms with Gasteiger partial charge in [-0.3, -0.25) is 0 Å². The first-order valence-electron chi connectivity index (χ1n) is 7.56. The van der Waals surface area contributed by atoms with Crippen molar-refractivity contribution in [2.75, 3.05) is 52.9 Å². The minimum absolute atomic E-state index is 0.121. The first-order valence-corrected chi connectivity index (χ1v) is 7.56. The number of carbonyl (C=O) groups excluding carboxylic acids is 1. The number of likely N-dealkylation sites (N-methyl/N-ethyl adjacent to an activating group) is 1. The fraction of sp³-hybridized carbons (Fsp3) is 0.929. The van der Waals surface area contributed by atoms with Crippen LogP contribution in [0, 0.1) is 5.92 Å². The normalized spacial score (nSPS) is 23.1. The molecular formula is C14H27N3O2. The Balaban J connectivity index is 1.63. The molecule has 5 heteroatoms. The maximum atomic E-state index is 12.0. The van der Waals surface area contributed by atoms with Gasteiger partial charge in [-0.15, -0.1) is 0 Å². The number of hydrogen-bond acceptors (Lipinski definition) is 4. The smallest absolute Gasteiger partial charge is 0.409 e. The summed E-state index contributed by atoms with van der Waals surface area (Å²) in [4.78, 5) is 16.1. The molecule has 1 N–H and O–H groups in total. The molecular weight excluding hydrogens is 242 g/mol. The molecule has 0 atom stereocenters. The Bertz CT molecular complexity index is 280. The standard InChI is InChI=1S/C14H27N3O2/c1-16-8-2-9-17(11-10-16)14(18)19-12-5-13-3-6-15-7-4-13/h13,15H,2-12H2,1H3. The van der Waals surface area contributed by atoms with Crippen molar-refractivity contribution in [1.29, 1.82) is 0 Å². The second-order valence-corrected chi connectivity index (χ2v) is 5.74. The second kappa shape index (κ2) is 7.70. The third-order valence-corrected chi connectivity index (χ3v) is 4.19. The Morgan fingerprint density at radius 1 is 1.21 bits per heavy atom. The van der Waals surface area contributed by atoms with Crippen LogP contribution in [0.1, 0.15) is 25.7 Å². The molecule has 2 saturated heterocycles. The molecule has 2 aliphatic heterocycles. The van der Waals surface area contributed by atoms with Crippen molar-refractivity contribution in [2.45, 2.75) is 25.7 Å². The minimum atomic E-state index is -0.121. The maximum Gasteiger partial charge on any atom is 0.409 e. The van der Waals surface area contributed by atoms with Crippen molar-refractivity contribution in [3.63, 3.8) is 0 Å². The van der Waals surface area contributed by atoms with E-state index in [0.29, 0.717) is 6.61 Å². The fourth-order valence-electron chi connectivity index (χ4n) is 2.80. The van der Waals surface area contributed by atoms with Crippen LogP contribution in [0.4, 0.5) is 4.79 Å². The first-order chi connectivity index (χ1) is 9.25. The van der Waals surface area contributed by atoms with Crippen LogP contribution in [0.25, 0.3) is 0 Å². The van der Waals surface area contributed by atoms with Crippen LogP contribution >= 0.6 is 0 Å². The van der Waals surface area contributed by atoms with Gasteiger partial charge in [0, 0.05) is 19.6 Å². The summed E-state index contributed by atoms with van der Waals surface area (Å²) >= 11 is 0. The minimum Gasteiger partial charge on any atom is -0.449 e. The Labute approximate surface area is 116 Å². The van der Waals surface area contributed by atoms with Gasteiger partial charge in [-0.05, 0) is 58.3 Å². The number of ether oxygens (including phenoxy) is 1. The molecule has 0 bridgehead atoms. The summed E-state index contributed by atoms with van der Waals surface area (Å²) in [6.45, 7) is 6.44. The van der Waals surface area contributed by atoms with Gasteiger partial charge in [0.1, 0.15) is 0 Å². The molecule has 0 aliphatic carbocycles. The van der Waals surface area contributed by atoms with Gasteiger partial charge in [-0.2, -0.15) is 0 Å². The largest absolute Gasteiger partial charge is 0.449 e. The molecule has 1 amide bonds. The highest BCUT2D eigenvalue weighted by atomic mass is 16.6. The zero-order valence-electron chi connectivity index (χ0n) is 12.1. The molecule has 110 valence electrons.